The van der Waals surface area contributed by atoms with Gasteiger partial charge in [0.05, 0.1) is 28.7 Å². The van der Waals surface area contributed by atoms with E-state index < -0.39 is 15.8 Å². The quantitative estimate of drug-likeness (QED) is 0.305. The second-order valence-electron chi connectivity index (χ2n) is 8.77. The van der Waals surface area contributed by atoms with Crippen molar-refractivity contribution >= 4 is 50.3 Å². The van der Waals surface area contributed by atoms with Crippen LogP contribution in [-0.2, 0) is 10.0 Å². The number of nitrogens with one attached hydrogen (secondary N) is 2. The van der Waals surface area contributed by atoms with E-state index in [1.165, 1.54) is 6.07 Å². The summed E-state index contributed by atoms with van der Waals surface area (Å²) in [6.07, 6.45) is 4.73. The first-order valence-electron chi connectivity index (χ1n) is 11.3. The number of aryl methyl sites for hydroxylation is 1. The number of sulfonamides is 1. The highest BCUT2D eigenvalue weighted by Crippen LogP contribution is 2.43. The number of hydrogen-bond donors (Lipinski definition) is 2. The molecule has 1 aliphatic heterocycles. The number of nitrogens with zero attached hydrogens (tertiary/aromatic N) is 3. The number of anilines is 2. The molecule has 0 amide bonds. The highest BCUT2D eigenvalue weighted by atomic mass is 35.5. The fourth-order valence-electron chi connectivity index (χ4n) is 4.55. The molecule has 2 atom stereocenters. The van der Waals surface area contributed by atoms with Crippen molar-refractivity contribution in [3.8, 4) is 5.69 Å². The summed E-state index contributed by atoms with van der Waals surface area (Å²) in [4.78, 5) is 6.57. The molecule has 190 valence electrons. The molecule has 37 heavy (non-hydrogen) atoms. The summed E-state index contributed by atoms with van der Waals surface area (Å²) in [7, 11) is -3.43. The zero-order valence-electron chi connectivity index (χ0n) is 19.9. The molecular formula is C26H23ClFN5O2S2. The number of hydrogen-bond acceptors (Lipinski definition) is 4. The Labute approximate surface area is 225 Å². The van der Waals surface area contributed by atoms with Crippen molar-refractivity contribution in [3.63, 3.8) is 0 Å². The predicted molar refractivity (Wildman–Crippen MR) is 148 cm³/mol. The molecule has 0 spiro atoms. The van der Waals surface area contributed by atoms with E-state index in [0.717, 1.165) is 28.9 Å². The number of pyridine rings is 1. The van der Waals surface area contributed by atoms with Crippen LogP contribution in [0.4, 0.5) is 15.8 Å². The molecule has 7 nitrogen and oxygen atoms in total. The second kappa shape index (κ2) is 9.77. The normalized spacial score (nSPS) is 17.6. The van der Waals surface area contributed by atoms with E-state index in [1.807, 2.05) is 65.1 Å². The van der Waals surface area contributed by atoms with Crippen molar-refractivity contribution in [1.29, 1.82) is 0 Å². The Balaban J connectivity index is 1.64. The molecule has 5 rings (SSSR count). The lowest BCUT2D eigenvalue weighted by molar-refractivity contribution is 0.549. The van der Waals surface area contributed by atoms with Crippen molar-refractivity contribution < 1.29 is 12.8 Å². The first kappa shape index (κ1) is 25.2. The minimum absolute atomic E-state index is 0.0277. The third-order valence-electron chi connectivity index (χ3n) is 6.15. The lowest BCUT2D eigenvalue weighted by Crippen LogP contribution is -2.30. The van der Waals surface area contributed by atoms with Crippen LogP contribution in [0.5, 0.6) is 0 Å². The molecule has 2 aromatic heterocycles. The molecule has 4 aromatic rings. The Kier molecular flexibility index (Phi) is 6.65. The molecule has 2 aromatic carbocycles. The summed E-state index contributed by atoms with van der Waals surface area (Å²) in [6.45, 7) is 1.83. The van der Waals surface area contributed by atoms with Crippen molar-refractivity contribution in [2.24, 2.45) is 0 Å². The van der Waals surface area contributed by atoms with Crippen LogP contribution in [-0.4, -0.2) is 29.3 Å². The van der Waals surface area contributed by atoms with E-state index in [4.69, 9.17) is 23.8 Å². The van der Waals surface area contributed by atoms with Crippen LogP contribution in [0.1, 0.15) is 29.0 Å². The van der Waals surface area contributed by atoms with E-state index >= 15 is 0 Å². The molecule has 0 aliphatic carbocycles. The van der Waals surface area contributed by atoms with Gasteiger partial charge in [-0.05, 0) is 85.4 Å². The van der Waals surface area contributed by atoms with Crippen molar-refractivity contribution in [1.82, 2.24) is 14.9 Å². The first-order chi connectivity index (χ1) is 17.6. The molecule has 1 fully saturated rings. The Morgan fingerprint density at radius 3 is 2.54 bits per heavy atom. The Morgan fingerprint density at radius 2 is 1.86 bits per heavy atom. The van der Waals surface area contributed by atoms with Crippen LogP contribution in [0, 0.1) is 12.7 Å². The summed E-state index contributed by atoms with van der Waals surface area (Å²) >= 11 is 11.9. The van der Waals surface area contributed by atoms with Gasteiger partial charge < -0.3 is 14.8 Å². The number of rotatable bonds is 6. The van der Waals surface area contributed by atoms with Gasteiger partial charge in [0.25, 0.3) is 0 Å². The lowest BCUT2D eigenvalue weighted by Gasteiger charge is -2.29. The maximum absolute atomic E-state index is 13.9. The highest BCUT2D eigenvalue weighted by molar-refractivity contribution is 7.92. The SMILES string of the molecule is Cc1cc(N2C(=S)N[C@@H](c3ccccn3)[C@H]2c2cccn2-c2ccc(F)c(Cl)c2)ccc1NS(C)(=O)=O. The van der Waals surface area contributed by atoms with Crippen molar-refractivity contribution in [2.75, 3.05) is 15.9 Å². The standard InChI is InChI=1S/C26H23ClFN5O2S2/c1-16-14-18(9-11-21(16)31-37(2,34)35)33-25(24(30-26(33)36)22-6-3-4-12-29-22)23-7-5-13-32(23)17-8-10-20(28)19(27)15-17/h3-15,24-25,31H,1-2H3,(H,30,36)/t24-,25+/m0/s1. The third kappa shape index (κ3) is 5.04. The van der Waals surface area contributed by atoms with Gasteiger partial charge in [-0.3, -0.25) is 9.71 Å². The highest BCUT2D eigenvalue weighted by Gasteiger charge is 2.42. The van der Waals surface area contributed by atoms with Crippen LogP contribution < -0.4 is 14.9 Å². The van der Waals surface area contributed by atoms with Crippen LogP contribution in [0.3, 0.4) is 0 Å². The van der Waals surface area contributed by atoms with Crippen LogP contribution in [0.15, 0.2) is 79.1 Å². The van der Waals surface area contributed by atoms with E-state index in [-0.39, 0.29) is 17.1 Å². The maximum Gasteiger partial charge on any atom is 0.229 e. The smallest absolute Gasteiger partial charge is 0.229 e. The van der Waals surface area contributed by atoms with Crippen LogP contribution in [0.25, 0.3) is 5.69 Å². The average molecular weight is 556 g/mol. The van der Waals surface area contributed by atoms with Gasteiger partial charge in [-0.25, -0.2) is 12.8 Å². The number of thiocarbonyl (C=S) groups is 1. The molecule has 0 bridgehead atoms. The molecule has 3 heterocycles. The summed E-state index contributed by atoms with van der Waals surface area (Å²) < 4.78 is 41.9. The van der Waals surface area contributed by atoms with Gasteiger partial charge in [-0.15, -0.1) is 0 Å². The molecule has 0 unspecified atom stereocenters. The molecule has 0 saturated carbocycles. The minimum atomic E-state index is -3.43. The van der Waals surface area contributed by atoms with Gasteiger partial charge in [0.2, 0.25) is 10.0 Å². The largest absolute Gasteiger partial charge is 0.351 e. The molecule has 2 N–H and O–H groups in total. The fraction of sp³-hybridized carbons (Fsp3) is 0.154. The Bertz CT molecular complexity index is 1590. The second-order valence-corrected chi connectivity index (χ2v) is 11.3. The van der Waals surface area contributed by atoms with E-state index in [2.05, 4.69) is 15.0 Å². The van der Waals surface area contributed by atoms with Gasteiger partial charge >= 0.3 is 0 Å². The molecule has 1 aliphatic rings. The number of aromatic nitrogens is 2. The van der Waals surface area contributed by atoms with E-state index in [9.17, 15) is 12.8 Å². The van der Waals surface area contributed by atoms with Crippen molar-refractivity contribution in [2.45, 2.75) is 19.0 Å². The van der Waals surface area contributed by atoms with Gasteiger partial charge in [-0.2, -0.15) is 0 Å². The number of benzene rings is 2. The molecule has 1 saturated heterocycles. The summed E-state index contributed by atoms with van der Waals surface area (Å²) in [5.41, 5.74) is 4.39. The monoisotopic (exact) mass is 555 g/mol. The topological polar surface area (TPSA) is 79.3 Å². The molecular weight excluding hydrogens is 533 g/mol. The summed E-state index contributed by atoms with van der Waals surface area (Å²) in [6, 6.07) is 19.0. The lowest BCUT2D eigenvalue weighted by atomic mass is 10.0. The van der Waals surface area contributed by atoms with E-state index in [1.54, 1.807) is 24.4 Å². The van der Waals surface area contributed by atoms with Gasteiger partial charge in [0, 0.05) is 29.5 Å². The maximum atomic E-state index is 13.9. The molecule has 0 radical (unpaired) electrons. The Hall–Kier alpha value is -3.47. The van der Waals surface area contributed by atoms with Crippen molar-refractivity contribution in [3.05, 3.63) is 107 Å². The van der Waals surface area contributed by atoms with Gasteiger partial charge in [0.1, 0.15) is 11.9 Å². The number of halogens is 2. The third-order valence-corrected chi connectivity index (χ3v) is 7.34. The molecule has 11 heteroatoms. The predicted octanol–water partition coefficient (Wildman–Crippen LogP) is 5.52. The first-order valence-corrected chi connectivity index (χ1v) is 14.0. The summed E-state index contributed by atoms with van der Waals surface area (Å²) in [5.74, 6) is -0.492. The van der Waals surface area contributed by atoms with Crippen LogP contribution in [0.2, 0.25) is 5.02 Å². The summed E-state index contributed by atoms with van der Waals surface area (Å²) in [5, 5.41) is 3.93. The zero-order chi connectivity index (χ0) is 26.3. The van der Waals surface area contributed by atoms with Gasteiger partial charge in [0.15, 0.2) is 5.11 Å². The minimum Gasteiger partial charge on any atom is -0.351 e. The average Bonchev–Trinajstić information content (AvgIpc) is 3.46. The van der Waals surface area contributed by atoms with E-state index in [0.29, 0.717) is 16.5 Å². The van der Waals surface area contributed by atoms with Crippen LogP contribution >= 0.6 is 23.8 Å². The zero-order valence-corrected chi connectivity index (χ0v) is 22.3. The Morgan fingerprint density at radius 1 is 1.08 bits per heavy atom. The van der Waals surface area contributed by atoms with Gasteiger partial charge in [-0.1, -0.05) is 17.7 Å². The fourth-order valence-corrected chi connectivity index (χ4v) is 5.70.